The molecule has 0 unspecified atom stereocenters. The fourth-order valence-corrected chi connectivity index (χ4v) is 6.04. The molecule has 0 spiro atoms. The van der Waals surface area contributed by atoms with E-state index in [-0.39, 0.29) is 15.7 Å². The number of anilines is 1. The third kappa shape index (κ3) is 3.60. The SMILES string of the molecule is CCN1CC[C@H]2c3cc(S(=O)(=O)c4ccc(C(F)(F)F)cc4)ccc3N(C)[C@H]2CC1. The Labute approximate surface area is 175 Å². The summed E-state index contributed by atoms with van der Waals surface area (Å²) in [7, 11) is -1.85. The Morgan fingerprint density at radius 3 is 2.27 bits per heavy atom. The van der Waals surface area contributed by atoms with Crippen LogP contribution < -0.4 is 4.90 Å². The Kier molecular flexibility index (Phi) is 5.34. The van der Waals surface area contributed by atoms with E-state index in [4.69, 9.17) is 0 Å². The maximum atomic E-state index is 13.1. The van der Waals surface area contributed by atoms with Gasteiger partial charge in [-0.15, -0.1) is 0 Å². The predicted octanol–water partition coefficient (Wildman–Crippen LogP) is 4.56. The van der Waals surface area contributed by atoms with Crippen LogP contribution in [0.5, 0.6) is 0 Å². The van der Waals surface area contributed by atoms with Crippen LogP contribution in [-0.2, 0) is 16.0 Å². The van der Waals surface area contributed by atoms with Crippen LogP contribution >= 0.6 is 0 Å². The van der Waals surface area contributed by atoms with Crippen LogP contribution in [0, 0.1) is 0 Å². The van der Waals surface area contributed by atoms with E-state index in [1.54, 1.807) is 12.1 Å². The lowest BCUT2D eigenvalue weighted by atomic mass is 9.91. The molecule has 2 aromatic carbocycles. The summed E-state index contributed by atoms with van der Waals surface area (Å²) in [6.07, 6.45) is -2.52. The average molecular weight is 439 g/mol. The zero-order chi connectivity index (χ0) is 21.7. The minimum atomic E-state index is -4.50. The fraction of sp³-hybridized carbons (Fsp3) is 0.455. The molecule has 0 aliphatic carbocycles. The number of alkyl halides is 3. The third-order valence-corrected chi connectivity index (χ3v) is 8.25. The van der Waals surface area contributed by atoms with Crippen LogP contribution in [0.2, 0.25) is 0 Å². The first kappa shape index (κ1) is 21.2. The molecule has 30 heavy (non-hydrogen) atoms. The quantitative estimate of drug-likeness (QED) is 0.705. The zero-order valence-corrected chi connectivity index (χ0v) is 17.8. The number of hydrogen-bond donors (Lipinski definition) is 0. The molecule has 0 radical (unpaired) electrons. The van der Waals surface area contributed by atoms with Crippen molar-refractivity contribution in [1.82, 2.24) is 4.90 Å². The van der Waals surface area contributed by atoms with Crippen LogP contribution in [0.3, 0.4) is 0 Å². The molecule has 0 N–H and O–H groups in total. The van der Waals surface area contributed by atoms with Crippen LogP contribution in [-0.4, -0.2) is 46.0 Å². The summed E-state index contributed by atoms with van der Waals surface area (Å²) in [5.74, 6) is 0.254. The molecular weight excluding hydrogens is 413 g/mol. The van der Waals surface area contributed by atoms with Crippen LogP contribution in [0.1, 0.15) is 36.8 Å². The summed E-state index contributed by atoms with van der Waals surface area (Å²) in [4.78, 5) is 4.66. The number of rotatable bonds is 3. The van der Waals surface area contributed by atoms with E-state index in [0.29, 0.717) is 6.04 Å². The minimum absolute atomic E-state index is 0.128. The van der Waals surface area contributed by atoms with E-state index in [9.17, 15) is 21.6 Å². The number of hydrogen-bond acceptors (Lipinski definition) is 4. The van der Waals surface area contributed by atoms with E-state index in [1.165, 1.54) is 0 Å². The van der Waals surface area contributed by atoms with Gasteiger partial charge in [-0.3, -0.25) is 0 Å². The van der Waals surface area contributed by atoms with Crippen LogP contribution in [0.4, 0.5) is 18.9 Å². The van der Waals surface area contributed by atoms with Crippen molar-refractivity contribution in [3.8, 4) is 0 Å². The summed E-state index contributed by atoms with van der Waals surface area (Å²) >= 11 is 0. The number of nitrogens with zero attached hydrogens (tertiary/aromatic N) is 2. The second-order valence-electron chi connectivity index (χ2n) is 8.04. The van der Waals surface area contributed by atoms with E-state index in [0.717, 1.165) is 68.0 Å². The van der Waals surface area contributed by atoms with Crippen molar-refractivity contribution in [3.63, 3.8) is 0 Å². The zero-order valence-electron chi connectivity index (χ0n) is 17.0. The average Bonchev–Trinajstić information content (AvgIpc) is 2.86. The Bertz CT molecular complexity index is 1040. The normalized spacial score (nSPS) is 22.5. The van der Waals surface area contributed by atoms with E-state index in [1.807, 2.05) is 6.07 Å². The van der Waals surface area contributed by atoms with Gasteiger partial charge in [0.2, 0.25) is 9.84 Å². The molecule has 162 valence electrons. The van der Waals surface area contributed by atoms with E-state index in [2.05, 4.69) is 23.8 Å². The molecule has 1 fully saturated rings. The Hall–Kier alpha value is -2.06. The second kappa shape index (κ2) is 7.57. The van der Waals surface area contributed by atoms with Crippen molar-refractivity contribution < 1.29 is 21.6 Å². The van der Waals surface area contributed by atoms with Crippen molar-refractivity contribution in [2.24, 2.45) is 0 Å². The van der Waals surface area contributed by atoms with Crippen molar-refractivity contribution in [2.75, 3.05) is 31.6 Å². The molecule has 4 nitrogen and oxygen atoms in total. The topological polar surface area (TPSA) is 40.6 Å². The number of likely N-dealkylation sites (tertiary alicyclic amines) is 1. The highest BCUT2D eigenvalue weighted by atomic mass is 32.2. The van der Waals surface area contributed by atoms with E-state index < -0.39 is 21.6 Å². The number of benzene rings is 2. The number of sulfone groups is 1. The lowest BCUT2D eigenvalue weighted by Crippen LogP contribution is -2.31. The lowest BCUT2D eigenvalue weighted by molar-refractivity contribution is -0.137. The van der Waals surface area contributed by atoms with Gasteiger partial charge < -0.3 is 9.80 Å². The highest BCUT2D eigenvalue weighted by molar-refractivity contribution is 7.91. The van der Waals surface area contributed by atoms with Gasteiger partial charge in [-0.05, 0) is 74.0 Å². The summed E-state index contributed by atoms with van der Waals surface area (Å²) in [6, 6.07) is 9.15. The van der Waals surface area contributed by atoms with Gasteiger partial charge in [0.1, 0.15) is 0 Å². The summed E-state index contributed by atoms with van der Waals surface area (Å²) in [6.45, 7) is 5.14. The van der Waals surface area contributed by atoms with Gasteiger partial charge in [0.25, 0.3) is 0 Å². The van der Waals surface area contributed by atoms with Crippen molar-refractivity contribution in [1.29, 1.82) is 0 Å². The van der Waals surface area contributed by atoms with Crippen molar-refractivity contribution in [2.45, 2.75) is 47.7 Å². The number of halogens is 3. The summed E-state index contributed by atoms with van der Waals surface area (Å²) in [5.41, 5.74) is 1.20. The lowest BCUT2D eigenvalue weighted by Gasteiger charge is -2.25. The highest BCUT2D eigenvalue weighted by Crippen LogP contribution is 2.45. The van der Waals surface area contributed by atoms with Gasteiger partial charge in [-0.2, -0.15) is 13.2 Å². The molecular formula is C22H25F3N2O2S. The van der Waals surface area contributed by atoms with Crippen LogP contribution in [0.15, 0.2) is 52.3 Å². The highest BCUT2D eigenvalue weighted by Gasteiger charge is 2.39. The van der Waals surface area contributed by atoms with Crippen molar-refractivity contribution >= 4 is 15.5 Å². The second-order valence-corrected chi connectivity index (χ2v) is 9.99. The minimum Gasteiger partial charge on any atom is -0.371 e. The Balaban J connectivity index is 1.68. The van der Waals surface area contributed by atoms with Gasteiger partial charge in [-0.25, -0.2) is 8.42 Å². The largest absolute Gasteiger partial charge is 0.416 e. The number of fused-ring (bicyclic) bond motifs is 3. The fourth-order valence-electron chi connectivity index (χ4n) is 4.74. The summed E-state index contributed by atoms with van der Waals surface area (Å²) < 4.78 is 64.6. The molecule has 4 rings (SSSR count). The number of likely N-dealkylation sites (N-methyl/N-ethyl adjacent to an activating group) is 1. The molecule has 0 amide bonds. The molecule has 2 aromatic rings. The Morgan fingerprint density at radius 2 is 1.63 bits per heavy atom. The van der Waals surface area contributed by atoms with Gasteiger partial charge in [0.05, 0.1) is 15.4 Å². The molecule has 8 heteroatoms. The first-order chi connectivity index (χ1) is 14.1. The first-order valence-electron chi connectivity index (χ1n) is 10.1. The molecule has 0 aromatic heterocycles. The molecule has 2 aliphatic rings. The van der Waals surface area contributed by atoms with Crippen molar-refractivity contribution in [3.05, 3.63) is 53.6 Å². The Morgan fingerprint density at radius 1 is 1.00 bits per heavy atom. The van der Waals surface area contributed by atoms with Gasteiger partial charge in [-0.1, -0.05) is 6.92 Å². The molecule has 0 bridgehead atoms. The maximum absolute atomic E-state index is 13.1. The maximum Gasteiger partial charge on any atom is 0.416 e. The first-order valence-corrected chi connectivity index (χ1v) is 11.6. The molecule has 2 atom stereocenters. The van der Waals surface area contributed by atoms with E-state index >= 15 is 0 Å². The molecule has 0 saturated carbocycles. The van der Waals surface area contributed by atoms with Crippen LogP contribution in [0.25, 0.3) is 0 Å². The molecule has 2 aliphatic heterocycles. The standard InChI is InChI=1S/C22H25F3N2O2S/c1-3-27-12-10-18-19-14-17(8-9-20(19)26(2)21(18)11-13-27)30(28,29)16-6-4-15(5-7-16)22(23,24)25/h4-9,14,18,21H,3,10-13H2,1-2H3/t18-,21-/m0/s1. The monoisotopic (exact) mass is 438 g/mol. The summed E-state index contributed by atoms with van der Waals surface area (Å²) in [5, 5.41) is 0. The van der Waals surface area contributed by atoms with Gasteiger partial charge in [0.15, 0.2) is 0 Å². The third-order valence-electron chi connectivity index (χ3n) is 6.49. The van der Waals surface area contributed by atoms with Gasteiger partial charge in [0, 0.05) is 31.2 Å². The molecule has 1 saturated heterocycles. The van der Waals surface area contributed by atoms with Gasteiger partial charge >= 0.3 is 6.18 Å². The predicted molar refractivity (Wildman–Crippen MR) is 110 cm³/mol. The smallest absolute Gasteiger partial charge is 0.371 e. The molecule has 2 heterocycles.